The van der Waals surface area contributed by atoms with Gasteiger partial charge in [0.15, 0.2) is 5.82 Å². The summed E-state index contributed by atoms with van der Waals surface area (Å²) in [5, 5.41) is 37.6. The van der Waals surface area contributed by atoms with Gasteiger partial charge in [0.1, 0.15) is 5.75 Å². The highest BCUT2D eigenvalue weighted by Crippen LogP contribution is 2.36. The molecule has 4 rings (SSSR count). The standard InChI is InChI=1S/C23H27N5O3/c1-15-10-16(13-24)11-20(29)22(15)19-12-17-4-2-8-28(23(17)26-25-19)18-5-3-7-27(14-18)9-6-21(30)31/h10-12,18,29H,2-9,14H2,1H3,(H,30,31)/t18-/m1/s1. The van der Waals surface area contributed by atoms with Gasteiger partial charge in [-0.3, -0.25) is 4.79 Å². The molecule has 2 aliphatic rings. The van der Waals surface area contributed by atoms with E-state index in [-0.39, 0.29) is 12.2 Å². The molecule has 0 amide bonds. The van der Waals surface area contributed by atoms with Crippen LogP contribution in [0.15, 0.2) is 18.2 Å². The molecule has 0 aliphatic carbocycles. The van der Waals surface area contributed by atoms with Crippen molar-refractivity contribution >= 4 is 11.8 Å². The van der Waals surface area contributed by atoms with Gasteiger partial charge in [0.25, 0.3) is 0 Å². The minimum Gasteiger partial charge on any atom is -0.507 e. The van der Waals surface area contributed by atoms with E-state index in [9.17, 15) is 9.90 Å². The number of phenolic OH excluding ortho intramolecular Hbond substituents is 1. The van der Waals surface area contributed by atoms with Crippen LogP contribution < -0.4 is 4.90 Å². The highest BCUT2D eigenvalue weighted by molar-refractivity contribution is 5.73. The van der Waals surface area contributed by atoms with Gasteiger partial charge in [-0.15, -0.1) is 10.2 Å². The summed E-state index contributed by atoms with van der Waals surface area (Å²) in [7, 11) is 0. The zero-order valence-electron chi connectivity index (χ0n) is 17.7. The molecule has 0 unspecified atom stereocenters. The Morgan fingerprint density at radius 2 is 2.10 bits per heavy atom. The van der Waals surface area contributed by atoms with Crippen LogP contribution in [0.1, 0.15) is 42.4 Å². The number of aliphatic carboxylic acids is 1. The summed E-state index contributed by atoms with van der Waals surface area (Å²) in [4.78, 5) is 15.5. The van der Waals surface area contributed by atoms with E-state index in [1.165, 1.54) is 6.07 Å². The molecule has 2 aliphatic heterocycles. The molecular weight excluding hydrogens is 394 g/mol. The third kappa shape index (κ3) is 4.47. The number of rotatable bonds is 5. The number of carboxylic acid groups (broad SMARTS) is 1. The molecule has 31 heavy (non-hydrogen) atoms. The number of nitriles is 1. The molecular formula is C23H27N5O3. The number of aromatic nitrogens is 2. The lowest BCUT2D eigenvalue weighted by molar-refractivity contribution is -0.137. The number of nitrogens with zero attached hydrogens (tertiary/aromatic N) is 5. The van der Waals surface area contributed by atoms with Crippen molar-refractivity contribution in [2.45, 2.75) is 45.1 Å². The second kappa shape index (κ2) is 8.90. The molecule has 0 saturated carbocycles. The molecule has 2 N–H and O–H groups in total. The summed E-state index contributed by atoms with van der Waals surface area (Å²) in [6.07, 6.45) is 4.18. The zero-order valence-corrected chi connectivity index (χ0v) is 17.7. The molecule has 0 bridgehead atoms. The van der Waals surface area contributed by atoms with Gasteiger partial charge in [-0.2, -0.15) is 5.26 Å². The Kier molecular flexibility index (Phi) is 6.05. The van der Waals surface area contributed by atoms with Crippen LogP contribution in [0.4, 0.5) is 5.82 Å². The Morgan fingerprint density at radius 1 is 1.26 bits per heavy atom. The van der Waals surface area contributed by atoms with Crippen molar-refractivity contribution in [2.24, 2.45) is 0 Å². The van der Waals surface area contributed by atoms with Crippen LogP contribution in [-0.2, 0) is 11.2 Å². The molecule has 8 heteroatoms. The maximum Gasteiger partial charge on any atom is 0.304 e. The molecule has 0 spiro atoms. The normalized spacial score (nSPS) is 19.0. The topological polar surface area (TPSA) is 114 Å². The number of likely N-dealkylation sites (tertiary alicyclic amines) is 1. The number of hydrogen-bond donors (Lipinski definition) is 2. The SMILES string of the molecule is Cc1cc(C#N)cc(O)c1-c1cc2c(nn1)N([C@@H]1CCCN(CCC(=O)O)C1)CCC2. The first kappa shape index (κ1) is 21.1. The van der Waals surface area contributed by atoms with Crippen LogP contribution in [0, 0.1) is 18.3 Å². The zero-order chi connectivity index (χ0) is 22.0. The monoisotopic (exact) mass is 421 g/mol. The fourth-order valence-corrected chi connectivity index (χ4v) is 4.78. The molecule has 3 heterocycles. The average molecular weight is 422 g/mol. The molecule has 1 aromatic carbocycles. The van der Waals surface area contributed by atoms with Gasteiger partial charge in [-0.05, 0) is 68.5 Å². The Hall–Kier alpha value is -3.18. The molecule has 2 aromatic rings. The van der Waals surface area contributed by atoms with Crippen molar-refractivity contribution in [3.05, 3.63) is 34.9 Å². The summed E-state index contributed by atoms with van der Waals surface area (Å²) < 4.78 is 0. The predicted molar refractivity (Wildman–Crippen MR) is 116 cm³/mol. The number of carboxylic acids is 1. The summed E-state index contributed by atoms with van der Waals surface area (Å²) in [6, 6.07) is 7.57. The van der Waals surface area contributed by atoms with E-state index < -0.39 is 5.97 Å². The van der Waals surface area contributed by atoms with Crippen molar-refractivity contribution in [3.8, 4) is 23.1 Å². The average Bonchev–Trinajstić information content (AvgIpc) is 2.76. The fraction of sp³-hybridized carbons (Fsp3) is 0.478. The minimum absolute atomic E-state index is 0.0415. The molecule has 1 fully saturated rings. The number of benzene rings is 1. The third-order valence-corrected chi connectivity index (χ3v) is 6.23. The smallest absolute Gasteiger partial charge is 0.304 e. The molecule has 1 aromatic heterocycles. The number of carbonyl (C=O) groups is 1. The predicted octanol–water partition coefficient (Wildman–Crippen LogP) is 2.72. The lowest BCUT2D eigenvalue weighted by Gasteiger charge is -2.42. The van der Waals surface area contributed by atoms with Crippen molar-refractivity contribution in [1.82, 2.24) is 15.1 Å². The van der Waals surface area contributed by atoms with Crippen LogP contribution in [0.3, 0.4) is 0 Å². The van der Waals surface area contributed by atoms with E-state index in [0.29, 0.717) is 29.4 Å². The highest BCUT2D eigenvalue weighted by atomic mass is 16.4. The number of phenols is 1. The van der Waals surface area contributed by atoms with Crippen molar-refractivity contribution in [2.75, 3.05) is 31.1 Å². The van der Waals surface area contributed by atoms with Crippen LogP contribution in [0.2, 0.25) is 0 Å². The summed E-state index contributed by atoms with van der Waals surface area (Å²) in [5.41, 5.74) is 3.55. The number of fused-ring (bicyclic) bond motifs is 1. The number of piperidine rings is 1. The second-order valence-electron chi connectivity index (χ2n) is 8.41. The second-order valence-corrected chi connectivity index (χ2v) is 8.41. The first-order chi connectivity index (χ1) is 15.0. The van der Waals surface area contributed by atoms with Gasteiger partial charge >= 0.3 is 5.97 Å². The fourth-order valence-electron chi connectivity index (χ4n) is 4.78. The van der Waals surface area contributed by atoms with Gasteiger partial charge in [-0.1, -0.05) is 0 Å². The highest BCUT2D eigenvalue weighted by Gasteiger charge is 2.30. The van der Waals surface area contributed by atoms with Crippen LogP contribution in [-0.4, -0.2) is 63.5 Å². The quantitative estimate of drug-likeness (QED) is 0.758. The number of hydrogen-bond acceptors (Lipinski definition) is 7. The van der Waals surface area contributed by atoms with E-state index in [1.807, 2.05) is 13.0 Å². The van der Waals surface area contributed by atoms with Crippen molar-refractivity contribution in [1.29, 1.82) is 5.26 Å². The van der Waals surface area contributed by atoms with E-state index in [2.05, 4.69) is 26.1 Å². The third-order valence-electron chi connectivity index (χ3n) is 6.23. The van der Waals surface area contributed by atoms with Gasteiger partial charge in [-0.25, -0.2) is 0 Å². The Labute approximate surface area is 181 Å². The first-order valence-electron chi connectivity index (χ1n) is 10.8. The Balaban J connectivity index is 1.58. The molecule has 1 saturated heterocycles. The molecule has 162 valence electrons. The van der Waals surface area contributed by atoms with Gasteiger partial charge < -0.3 is 20.0 Å². The Morgan fingerprint density at radius 3 is 2.84 bits per heavy atom. The minimum atomic E-state index is -0.759. The van der Waals surface area contributed by atoms with E-state index in [1.54, 1.807) is 6.07 Å². The van der Waals surface area contributed by atoms with Gasteiger partial charge in [0, 0.05) is 31.2 Å². The number of anilines is 1. The van der Waals surface area contributed by atoms with E-state index in [4.69, 9.17) is 10.4 Å². The van der Waals surface area contributed by atoms with Crippen molar-refractivity contribution in [3.63, 3.8) is 0 Å². The van der Waals surface area contributed by atoms with E-state index in [0.717, 1.165) is 62.3 Å². The molecule has 0 radical (unpaired) electrons. The Bertz CT molecular complexity index is 1010. The summed E-state index contributed by atoms with van der Waals surface area (Å²) >= 11 is 0. The van der Waals surface area contributed by atoms with Crippen LogP contribution in [0.5, 0.6) is 5.75 Å². The van der Waals surface area contributed by atoms with Crippen LogP contribution >= 0.6 is 0 Å². The number of aromatic hydroxyl groups is 1. The van der Waals surface area contributed by atoms with Crippen LogP contribution in [0.25, 0.3) is 11.3 Å². The maximum absolute atomic E-state index is 10.9. The first-order valence-corrected chi connectivity index (χ1v) is 10.8. The number of aryl methyl sites for hydroxylation is 2. The maximum atomic E-state index is 10.9. The van der Waals surface area contributed by atoms with Crippen molar-refractivity contribution < 1.29 is 15.0 Å². The molecule has 8 nitrogen and oxygen atoms in total. The van der Waals surface area contributed by atoms with E-state index >= 15 is 0 Å². The largest absolute Gasteiger partial charge is 0.507 e. The summed E-state index contributed by atoms with van der Waals surface area (Å²) in [5.74, 6) is 0.177. The lowest BCUT2D eigenvalue weighted by atomic mass is 9.96. The molecule has 1 atom stereocenters. The van der Waals surface area contributed by atoms with Gasteiger partial charge in [0.2, 0.25) is 0 Å². The van der Waals surface area contributed by atoms with Gasteiger partial charge in [0.05, 0.1) is 23.7 Å². The lowest BCUT2D eigenvalue weighted by Crippen LogP contribution is -2.50. The summed E-state index contributed by atoms with van der Waals surface area (Å²) in [6.45, 7) is 5.13.